The van der Waals surface area contributed by atoms with Crippen molar-refractivity contribution in [3.63, 3.8) is 0 Å². The maximum absolute atomic E-state index is 13.4. The minimum Gasteiger partial charge on any atom is -0.378 e. The molecule has 0 bridgehead atoms. The third-order valence-electron chi connectivity index (χ3n) is 5.41. The van der Waals surface area contributed by atoms with E-state index in [1.807, 2.05) is 35.4 Å². The molecule has 1 N–H and O–H groups in total. The van der Waals surface area contributed by atoms with E-state index in [1.165, 1.54) is 0 Å². The molecule has 0 aliphatic carbocycles. The van der Waals surface area contributed by atoms with Crippen molar-refractivity contribution in [2.75, 3.05) is 38.7 Å². The number of ether oxygens (including phenoxy) is 1. The monoisotopic (exact) mass is 373 g/mol. The molecule has 1 unspecified atom stereocenters. The second-order valence-electron chi connectivity index (χ2n) is 8.24. The third-order valence-corrected chi connectivity index (χ3v) is 5.41. The number of benzene rings is 1. The fraction of sp³-hybridized carbons (Fsp3) is 0.571. The summed E-state index contributed by atoms with van der Waals surface area (Å²) in [4.78, 5) is 21.5. The van der Waals surface area contributed by atoms with Crippen LogP contribution < -0.4 is 5.32 Å². The first-order chi connectivity index (χ1) is 12.8. The molecule has 0 radical (unpaired) electrons. The number of morpholine rings is 1. The standard InChI is InChI=1S/C21H31N3O3/c1-20(2)15-17(23-11-13-27-14-12-23)18(21(3,4)24(20)26-5)19(25)22-16-9-7-6-8-10-16/h6-10,15,18H,11-14H2,1-5H3,(H,22,25). The van der Waals surface area contributed by atoms with E-state index in [0.717, 1.165) is 24.5 Å². The molecule has 1 atom stereocenters. The highest BCUT2D eigenvalue weighted by Gasteiger charge is 2.52. The van der Waals surface area contributed by atoms with Gasteiger partial charge in [0.05, 0.1) is 37.3 Å². The molecule has 6 heteroatoms. The molecule has 2 aliphatic rings. The Bertz CT molecular complexity index is 694. The molecule has 1 saturated heterocycles. The molecule has 2 heterocycles. The van der Waals surface area contributed by atoms with Crippen LogP contribution in [0, 0.1) is 5.92 Å². The summed E-state index contributed by atoms with van der Waals surface area (Å²) in [7, 11) is 1.67. The first-order valence-corrected chi connectivity index (χ1v) is 9.53. The topological polar surface area (TPSA) is 54.0 Å². The maximum atomic E-state index is 13.4. The van der Waals surface area contributed by atoms with E-state index >= 15 is 0 Å². The van der Waals surface area contributed by atoms with Crippen molar-refractivity contribution >= 4 is 11.6 Å². The molecular formula is C21H31N3O3. The summed E-state index contributed by atoms with van der Waals surface area (Å²) in [5.41, 5.74) is 0.984. The van der Waals surface area contributed by atoms with Crippen LogP contribution in [0.25, 0.3) is 0 Å². The first kappa shape index (κ1) is 19.9. The number of nitrogens with one attached hydrogen (secondary N) is 1. The van der Waals surface area contributed by atoms with Crippen molar-refractivity contribution in [3.8, 4) is 0 Å². The third kappa shape index (κ3) is 3.88. The van der Waals surface area contributed by atoms with Gasteiger partial charge in [0.15, 0.2) is 0 Å². The Labute approximate surface area is 162 Å². The summed E-state index contributed by atoms with van der Waals surface area (Å²) < 4.78 is 5.52. The number of nitrogens with zero attached hydrogens (tertiary/aromatic N) is 2. The molecule has 1 aromatic rings. The molecule has 1 amide bonds. The van der Waals surface area contributed by atoms with Gasteiger partial charge in [-0.25, -0.2) is 0 Å². The van der Waals surface area contributed by atoms with Crippen LogP contribution in [0.1, 0.15) is 27.7 Å². The van der Waals surface area contributed by atoms with Crippen LogP contribution in [0.3, 0.4) is 0 Å². The minimum atomic E-state index is -0.528. The zero-order chi connectivity index (χ0) is 19.7. The van der Waals surface area contributed by atoms with Crippen molar-refractivity contribution in [3.05, 3.63) is 42.1 Å². The summed E-state index contributed by atoms with van der Waals surface area (Å²) in [6.45, 7) is 11.3. The van der Waals surface area contributed by atoms with Crippen LogP contribution in [0.4, 0.5) is 5.69 Å². The van der Waals surface area contributed by atoms with Crippen molar-refractivity contribution in [2.24, 2.45) is 5.92 Å². The number of hydrogen-bond acceptors (Lipinski definition) is 5. The number of hydroxylamine groups is 2. The fourth-order valence-corrected chi connectivity index (χ4v) is 4.48. The Morgan fingerprint density at radius 1 is 1.15 bits per heavy atom. The molecule has 3 rings (SSSR count). The molecule has 6 nitrogen and oxygen atoms in total. The van der Waals surface area contributed by atoms with Gasteiger partial charge in [0.1, 0.15) is 0 Å². The van der Waals surface area contributed by atoms with Crippen LogP contribution in [-0.4, -0.2) is 60.4 Å². The summed E-state index contributed by atoms with van der Waals surface area (Å²) in [5.74, 6) is -0.398. The predicted octanol–water partition coefficient (Wildman–Crippen LogP) is 2.89. The zero-order valence-electron chi connectivity index (χ0n) is 17.0. The smallest absolute Gasteiger partial charge is 0.235 e. The largest absolute Gasteiger partial charge is 0.378 e. The van der Waals surface area contributed by atoms with Gasteiger partial charge in [0.2, 0.25) is 5.91 Å². The van der Waals surface area contributed by atoms with E-state index in [0.29, 0.717) is 13.2 Å². The summed E-state index contributed by atoms with van der Waals surface area (Å²) in [6, 6.07) is 9.60. The maximum Gasteiger partial charge on any atom is 0.235 e. The van der Waals surface area contributed by atoms with Crippen LogP contribution in [-0.2, 0) is 14.4 Å². The SMILES string of the molecule is CON1C(C)(C)C=C(N2CCOCC2)C(C(=O)Nc2ccccc2)C1(C)C. The van der Waals surface area contributed by atoms with Gasteiger partial charge in [-0.05, 0) is 45.9 Å². The fourth-order valence-electron chi connectivity index (χ4n) is 4.48. The van der Waals surface area contributed by atoms with Gasteiger partial charge in [-0.3, -0.25) is 4.79 Å². The van der Waals surface area contributed by atoms with Gasteiger partial charge in [0.25, 0.3) is 0 Å². The van der Waals surface area contributed by atoms with Crippen molar-refractivity contribution in [2.45, 2.75) is 38.8 Å². The second kappa shape index (κ2) is 7.62. The number of para-hydroxylation sites is 1. The second-order valence-corrected chi connectivity index (χ2v) is 8.24. The van der Waals surface area contributed by atoms with E-state index < -0.39 is 5.54 Å². The molecule has 2 aliphatic heterocycles. The Hall–Kier alpha value is -1.89. The molecule has 1 fully saturated rings. The molecule has 0 aromatic heterocycles. The van der Waals surface area contributed by atoms with Crippen LogP contribution >= 0.6 is 0 Å². The Morgan fingerprint density at radius 3 is 2.37 bits per heavy atom. The lowest BCUT2D eigenvalue weighted by Gasteiger charge is -2.54. The summed E-state index contributed by atoms with van der Waals surface area (Å²) >= 11 is 0. The number of rotatable bonds is 4. The lowest BCUT2D eigenvalue weighted by Crippen LogP contribution is -2.64. The molecule has 27 heavy (non-hydrogen) atoms. The van der Waals surface area contributed by atoms with Crippen molar-refractivity contribution in [1.29, 1.82) is 0 Å². The minimum absolute atomic E-state index is 0.0264. The quantitative estimate of drug-likeness (QED) is 0.880. The number of carbonyl (C=O) groups excluding carboxylic acids is 1. The first-order valence-electron chi connectivity index (χ1n) is 9.53. The van der Waals surface area contributed by atoms with Gasteiger partial charge >= 0.3 is 0 Å². The summed E-state index contributed by atoms with van der Waals surface area (Å²) in [6.07, 6.45) is 2.17. The number of hydrogen-bond donors (Lipinski definition) is 1. The van der Waals surface area contributed by atoms with Crippen LogP contribution in [0.5, 0.6) is 0 Å². The van der Waals surface area contributed by atoms with Gasteiger partial charge in [-0.15, -0.1) is 0 Å². The van der Waals surface area contributed by atoms with Crippen molar-refractivity contribution < 1.29 is 14.4 Å². The highest BCUT2D eigenvalue weighted by atomic mass is 16.7. The lowest BCUT2D eigenvalue weighted by molar-refractivity contribution is -0.251. The van der Waals surface area contributed by atoms with Crippen molar-refractivity contribution in [1.82, 2.24) is 9.96 Å². The lowest BCUT2D eigenvalue weighted by atomic mass is 9.75. The highest BCUT2D eigenvalue weighted by Crippen LogP contribution is 2.43. The number of carbonyl (C=O) groups is 1. The number of amides is 1. The van der Waals surface area contributed by atoms with Gasteiger partial charge < -0.3 is 19.8 Å². The van der Waals surface area contributed by atoms with Gasteiger partial charge in [-0.1, -0.05) is 18.2 Å². The van der Waals surface area contributed by atoms with Crippen LogP contribution in [0.15, 0.2) is 42.1 Å². The van der Waals surface area contributed by atoms with Crippen LogP contribution in [0.2, 0.25) is 0 Å². The average Bonchev–Trinajstić information content (AvgIpc) is 2.61. The van der Waals surface area contributed by atoms with E-state index in [2.05, 4.69) is 44.0 Å². The molecule has 0 saturated carbocycles. The van der Waals surface area contributed by atoms with E-state index in [-0.39, 0.29) is 17.4 Å². The number of anilines is 1. The van der Waals surface area contributed by atoms with E-state index in [9.17, 15) is 4.79 Å². The molecule has 148 valence electrons. The molecular weight excluding hydrogens is 342 g/mol. The van der Waals surface area contributed by atoms with Gasteiger partial charge in [-0.2, -0.15) is 5.06 Å². The summed E-state index contributed by atoms with van der Waals surface area (Å²) in [5, 5.41) is 5.02. The Balaban J connectivity index is 2.00. The highest BCUT2D eigenvalue weighted by molar-refractivity contribution is 5.95. The van der Waals surface area contributed by atoms with E-state index in [1.54, 1.807) is 7.11 Å². The van der Waals surface area contributed by atoms with Gasteiger partial charge in [0, 0.05) is 24.5 Å². The normalized spacial score (nSPS) is 25.0. The predicted molar refractivity (Wildman–Crippen MR) is 106 cm³/mol. The molecule has 0 spiro atoms. The zero-order valence-corrected chi connectivity index (χ0v) is 17.0. The molecule has 1 aromatic carbocycles. The Morgan fingerprint density at radius 2 is 1.78 bits per heavy atom. The van der Waals surface area contributed by atoms with E-state index in [4.69, 9.17) is 9.57 Å². The average molecular weight is 373 g/mol. The Kier molecular flexibility index (Phi) is 5.60.